The quantitative estimate of drug-likeness (QED) is 0.676. The fourth-order valence-corrected chi connectivity index (χ4v) is 2.46. The number of carbonyl (C=O) groups is 2. The second-order valence-electron chi connectivity index (χ2n) is 5.84. The highest BCUT2D eigenvalue weighted by atomic mass is 16.5. The molecule has 0 radical (unpaired) electrons. The van der Waals surface area contributed by atoms with Crippen molar-refractivity contribution in [3.63, 3.8) is 0 Å². The number of para-hydroxylation sites is 1. The average Bonchev–Trinajstić information content (AvgIpc) is 2.66. The topological polar surface area (TPSA) is 76.8 Å². The summed E-state index contributed by atoms with van der Waals surface area (Å²) in [6.07, 6.45) is 0. The molecular formula is C20H17NO5. The molecule has 2 aromatic carbocycles. The van der Waals surface area contributed by atoms with Gasteiger partial charge in [0.05, 0.1) is 5.39 Å². The third kappa shape index (κ3) is 3.64. The lowest BCUT2D eigenvalue weighted by Gasteiger charge is -2.16. The summed E-state index contributed by atoms with van der Waals surface area (Å²) in [5.74, 6) is -1.50. The summed E-state index contributed by atoms with van der Waals surface area (Å²) in [4.78, 5) is 37.8. The maximum Gasteiger partial charge on any atom is 0.374 e. The normalized spacial score (nSPS) is 10.5. The van der Waals surface area contributed by atoms with E-state index < -0.39 is 18.5 Å². The number of aryl methyl sites for hydroxylation is 1. The third-order valence-electron chi connectivity index (χ3n) is 3.93. The molecule has 0 saturated heterocycles. The zero-order valence-corrected chi connectivity index (χ0v) is 14.4. The number of ether oxygens (including phenoxy) is 1. The Morgan fingerprint density at radius 2 is 1.81 bits per heavy atom. The van der Waals surface area contributed by atoms with E-state index >= 15 is 0 Å². The lowest BCUT2D eigenvalue weighted by Crippen LogP contribution is -2.31. The number of benzene rings is 2. The van der Waals surface area contributed by atoms with Gasteiger partial charge in [-0.15, -0.1) is 0 Å². The SMILES string of the molecule is Cc1ccc2oc(C(=O)OCC(=O)N(C)c3ccccc3)cc(=O)c2c1. The van der Waals surface area contributed by atoms with Gasteiger partial charge in [0.15, 0.2) is 12.0 Å². The van der Waals surface area contributed by atoms with Crippen LogP contribution in [0.15, 0.2) is 63.8 Å². The van der Waals surface area contributed by atoms with Crippen molar-refractivity contribution >= 4 is 28.5 Å². The predicted octanol–water partition coefficient (Wildman–Crippen LogP) is 2.92. The summed E-state index contributed by atoms with van der Waals surface area (Å²) in [6, 6.07) is 15.1. The van der Waals surface area contributed by atoms with E-state index in [0.29, 0.717) is 16.7 Å². The Morgan fingerprint density at radius 3 is 2.54 bits per heavy atom. The smallest absolute Gasteiger partial charge is 0.374 e. The summed E-state index contributed by atoms with van der Waals surface area (Å²) in [7, 11) is 1.59. The number of rotatable bonds is 4. The molecule has 26 heavy (non-hydrogen) atoms. The first-order valence-electron chi connectivity index (χ1n) is 7.99. The van der Waals surface area contributed by atoms with Crippen LogP contribution in [-0.4, -0.2) is 25.5 Å². The fourth-order valence-electron chi connectivity index (χ4n) is 2.46. The third-order valence-corrected chi connectivity index (χ3v) is 3.93. The van der Waals surface area contributed by atoms with E-state index in [1.165, 1.54) is 4.90 Å². The highest BCUT2D eigenvalue weighted by Gasteiger charge is 2.17. The van der Waals surface area contributed by atoms with Gasteiger partial charge in [0.25, 0.3) is 5.91 Å². The Balaban J connectivity index is 1.72. The average molecular weight is 351 g/mol. The number of hydrogen-bond acceptors (Lipinski definition) is 5. The van der Waals surface area contributed by atoms with Gasteiger partial charge in [-0.2, -0.15) is 0 Å². The first-order valence-corrected chi connectivity index (χ1v) is 7.99. The van der Waals surface area contributed by atoms with Crippen molar-refractivity contribution in [2.24, 2.45) is 0 Å². The largest absolute Gasteiger partial charge is 0.450 e. The molecule has 3 rings (SSSR count). The highest BCUT2D eigenvalue weighted by Crippen LogP contribution is 2.15. The molecular weight excluding hydrogens is 334 g/mol. The molecule has 132 valence electrons. The van der Waals surface area contributed by atoms with Crippen LogP contribution in [0.4, 0.5) is 5.69 Å². The molecule has 0 spiro atoms. The molecule has 0 aliphatic rings. The highest BCUT2D eigenvalue weighted by molar-refractivity contribution is 5.96. The first kappa shape index (κ1) is 17.4. The number of nitrogens with zero attached hydrogens (tertiary/aromatic N) is 1. The summed E-state index contributed by atoms with van der Waals surface area (Å²) in [5.41, 5.74) is 1.55. The van der Waals surface area contributed by atoms with E-state index in [0.717, 1.165) is 11.6 Å². The van der Waals surface area contributed by atoms with E-state index in [1.807, 2.05) is 13.0 Å². The zero-order valence-electron chi connectivity index (χ0n) is 14.4. The number of carbonyl (C=O) groups excluding carboxylic acids is 2. The number of anilines is 1. The van der Waals surface area contributed by atoms with Gasteiger partial charge in [-0.25, -0.2) is 4.79 Å². The number of likely N-dealkylation sites (N-methyl/N-ethyl adjacent to an activating group) is 1. The summed E-state index contributed by atoms with van der Waals surface area (Å²) >= 11 is 0. The van der Waals surface area contributed by atoms with Crippen LogP contribution in [0.5, 0.6) is 0 Å². The summed E-state index contributed by atoms with van der Waals surface area (Å²) in [5, 5.41) is 0.390. The second kappa shape index (κ2) is 7.23. The second-order valence-corrected chi connectivity index (χ2v) is 5.84. The summed E-state index contributed by atoms with van der Waals surface area (Å²) in [6.45, 7) is 1.40. The molecule has 0 N–H and O–H groups in total. The standard InChI is InChI=1S/C20H17NO5/c1-13-8-9-17-15(10-13)16(22)11-18(26-17)20(24)25-12-19(23)21(2)14-6-4-3-5-7-14/h3-11H,12H2,1-2H3. The molecule has 0 bridgehead atoms. The van der Waals surface area contributed by atoms with Crippen molar-refractivity contribution in [3.05, 3.63) is 76.1 Å². The van der Waals surface area contributed by atoms with Gasteiger partial charge >= 0.3 is 5.97 Å². The van der Waals surface area contributed by atoms with E-state index in [4.69, 9.17) is 9.15 Å². The van der Waals surface area contributed by atoms with Gasteiger partial charge in [-0.05, 0) is 31.2 Å². The molecule has 0 unspecified atom stereocenters. The minimum atomic E-state index is -0.862. The molecule has 0 fully saturated rings. The molecule has 0 atom stereocenters. The predicted molar refractivity (Wildman–Crippen MR) is 97.4 cm³/mol. The molecule has 6 heteroatoms. The van der Waals surface area contributed by atoms with Crippen molar-refractivity contribution in [1.29, 1.82) is 0 Å². The molecule has 1 heterocycles. The van der Waals surface area contributed by atoms with Crippen molar-refractivity contribution < 1.29 is 18.7 Å². The Labute approximate surface area is 149 Å². The minimum Gasteiger partial charge on any atom is -0.450 e. The van der Waals surface area contributed by atoms with Crippen molar-refractivity contribution in [2.75, 3.05) is 18.6 Å². The van der Waals surface area contributed by atoms with Crippen LogP contribution in [0.25, 0.3) is 11.0 Å². The van der Waals surface area contributed by atoms with Crippen LogP contribution < -0.4 is 10.3 Å². The Kier molecular flexibility index (Phi) is 4.84. The van der Waals surface area contributed by atoms with Crippen molar-refractivity contribution in [2.45, 2.75) is 6.92 Å². The Morgan fingerprint density at radius 1 is 1.08 bits per heavy atom. The lowest BCUT2D eigenvalue weighted by atomic mass is 10.1. The molecule has 6 nitrogen and oxygen atoms in total. The Hall–Kier alpha value is -3.41. The number of hydrogen-bond donors (Lipinski definition) is 0. The van der Waals surface area contributed by atoms with E-state index in [-0.39, 0.29) is 11.2 Å². The van der Waals surface area contributed by atoms with Gasteiger partial charge in [0.2, 0.25) is 5.76 Å². The molecule has 3 aromatic rings. The van der Waals surface area contributed by atoms with Gasteiger partial charge in [-0.3, -0.25) is 9.59 Å². The molecule has 1 amide bonds. The van der Waals surface area contributed by atoms with E-state index in [9.17, 15) is 14.4 Å². The van der Waals surface area contributed by atoms with Gasteiger partial charge in [0.1, 0.15) is 5.58 Å². The van der Waals surface area contributed by atoms with Crippen LogP contribution in [-0.2, 0) is 9.53 Å². The molecule has 0 saturated carbocycles. The van der Waals surface area contributed by atoms with Crippen LogP contribution in [0, 0.1) is 6.92 Å². The van der Waals surface area contributed by atoms with Crippen LogP contribution in [0.1, 0.15) is 16.1 Å². The van der Waals surface area contributed by atoms with E-state index in [1.54, 1.807) is 49.5 Å². The van der Waals surface area contributed by atoms with Gasteiger partial charge in [-0.1, -0.05) is 29.8 Å². The fraction of sp³-hybridized carbons (Fsp3) is 0.150. The number of esters is 1. The number of fused-ring (bicyclic) bond motifs is 1. The van der Waals surface area contributed by atoms with Crippen molar-refractivity contribution in [3.8, 4) is 0 Å². The lowest BCUT2D eigenvalue weighted by molar-refractivity contribution is -0.121. The van der Waals surface area contributed by atoms with Gasteiger partial charge < -0.3 is 14.1 Å². The minimum absolute atomic E-state index is 0.235. The van der Waals surface area contributed by atoms with E-state index in [2.05, 4.69) is 0 Å². The zero-order chi connectivity index (χ0) is 18.7. The maximum absolute atomic E-state index is 12.2. The van der Waals surface area contributed by atoms with Crippen LogP contribution in [0.3, 0.4) is 0 Å². The molecule has 0 aliphatic heterocycles. The molecule has 1 aromatic heterocycles. The van der Waals surface area contributed by atoms with Crippen LogP contribution >= 0.6 is 0 Å². The summed E-state index contributed by atoms with van der Waals surface area (Å²) < 4.78 is 10.4. The number of amides is 1. The monoisotopic (exact) mass is 351 g/mol. The molecule has 0 aliphatic carbocycles. The van der Waals surface area contributed by atoms with Gasteiger partial charge in [0, 0.05) is 18.8 Å². The maximum atomic E-state index is 12.2. The first-order chi connectivity index (χ1) is 12.5. The van der Waals surface area contributed by atoms with Crippen molar-refractivity contribution in [1.82, 2.24) is 0 Å². The Bertz CT molecular complexity index is 1020. The van der Waals surface area contributed by atoms with Crippen LogP contribution in [0.2, 0.25) is 0 Å².